The molecule has 3 N–H and O–H groups in total. The van der Waals surface area contributed by atoms with E-state index in [0.29, 0.717) is 25.2 Å². The van der Waals surface area contributed by atoms with Gasteiger partial charge in [0.05, 0.1) is 15.5 Å². The number of aryl methyl sites for hydroxylation is 1. The van der Waals surface area contributed by atoms with Crippen molar-refractivity contribution in [2.45, 2.75) is 12.8 Å². The van der Waals surface area contributed by atoms with Crippen LogP contribution in [0.25, 0.3) is 0 Å². The zero-order chi connectivity index (χ0) is 16.1. The molecule has 2 rings (SSSR count). The first-order valence-electron chi connectivity index (χ1n) is 6.33. The van der Waals surface area contributed by atoms with Gasteiger partial charge in [-0.2, -0.15) is 5.10 Å². The van der Waals surface area contributed by atoms with Crippen molar-refractivity contribution in [1.29, 1.82) is 0 Å². The molecule has 22 heavy (non-hydrogen) atoms. The SMILES string of the molecule is O=C(NCCCc1n[nH]c(=O)[nH]1)c1cc([N+](=O)[O-])ccc1Cl. The maximum atomic E-state index is 12.0. The van der Waals surface area contributed by atoms with Crippen LogP contribution < -0.4 is 11.0 Å². The highest BCUT2D eigenvalue weighted by Crippen LogP contribution is 2.21. The van der Waals surface area contributed by atoms with Gasteiger partial charge in [0.1, 0.15) is 5.82 Å². The first kappa shape index (κ1) is 15.7. The van der Waals surface area contributed by atoms with Gasteiger partial charge in [-0.25, -0.2) is 9.89 Å². The zero-order valence-corrected chi connectivity index (χ0v) is 12.0. The van der Waals surface area contributed by atoms with E-state index in [4.69, 9.17) is 11.6 Å². The third-order valence-electron chi connectivity index (χ3n) is 2.83. The number of hydrogen-bond acceptors (Lipinski definition) is 5. The van der Waals surface area contributed by atoms with Gasteiger partial charge in [-0.05, 0) is 12.5 Å². The summed E-state index contributed by atoms with van der Waals surface area (Å²) in [6, 6.07) is 3.67. The molecule has 1 aromatic carbocycles. The number of aromatic nitrogens is 3. The molecule has 116 valence electrons. The molecule has 0 saturated carbocycles. The van der Waals surface area contributed by atoms with Crippen LogP contribution in [0.4, 0.5) is 5.69 Å². The van der Waals surface area contributed by atoms with Crippen molar-refractivity contribution in [1.82, 2.24) is 20.5 Å². The number of hydrogen-bond donors (Lipinski definition) is 3. The number of nitrogens with one attached hydrogen (secondary N) is 3. The predicted molar refractivity (Wildman–Crippen MR) is 78.0 cm³/mol. The number of carbonyl (C=O) groups is 1. The summed E-state index contributed by atoms with van der Waals surface area (Å²) in [6.07, 6.45) is 1.01. The highest BCUT2D eigenvalue weighted by Gasteiger charge is 2.15. The van der Waals surface area contributed by atoms with E-state index in [1.54, 1.807) is 0 Å². The molecule has 0 atom stereocenters. The molecule has 0 aliphatic rings. The Hall–Kier alpha value is -2.68. The summed E-state index contributed by atoms with van der Waals surface area (Å²) >= 11 is 5.87. The highest BCUT2D eigenvalue weighted by molar-refractivity contribution is 6.33. The van der Waals surface area contributed by atoms with Crippen molar-refractivity contribution in [3.63, 3.8) is 0 Å². The largest absolute Gasteiger partial charge is 0.352 e. The normalized spacial score (nSPS) is 10.4. The zero-order valence-electron chi connectivity index (χ0n) is 11.3. The summed E-state index contributed by atoms with van der Waals surface area (Å²) < 4.78 is 0. The summed E-state index contributed by atoms with van der Waals surface area (Å²) in [5.74, 6) is -0.00292. The van der Waals surface area contributed by atoms with Crippen LogP contribution in [-0.2, 0) is 6.42 Å². The van der Waals surface area contributed by atoms with E-state index >= 15 is 0 Å². The first-order valence-corrected chi connectivity index (χ1v) is 6.71. The van der Waals surface area contributed by atoms with Gasteiger partial charge in [-0.15, -0.1) is 0 Å². The van der Waals surface area contributed by atoms with Gasteiger partial charge in [-0.3, -0.25) is 19.9 Å². The van der Waals surface area contributed by atoms with Crippen LogP contribution in [0.15, 0.2) is 23.0 Å². The molecule has 1 aromatic heterocycles. The number of nitro benzene ring substituents is 1. The average molecular weight is 326 g/mol. The highest BCUT2D eigenvalue weighted by atomic mass is 35.5. The minimum atomic E-state index is -0.596. The Labute approximate surface area is 128 Å². The second-order valence-electron chi connectivity index (χ2n) is 4.41. The Bertz CT molecular complexity index is 754. The van der Waals surface area contributed by atoms with Crippen molar-refractivity contribution in [2.75, 3.05) is 6.54 Å². The molecule has 0 fully saturated rings. The predicted octanol–water partition coefficient (Wildman–Crippen LogP) is 1.02. The molecule has 1 heterocycles. The molecule has 0 aliphatic heterocycles. The van der Waals surface area contributed by atoms with Crippen molar-refractivity contribution in [3.8, 4) is 0 Å². The maximum Gasteiger partial charge on any atom is 0.340 e. The standard InChI is InChI=1S/C12H12ClN5O4/c13-9-4-3-7(18(21)22)6-8(9)11(19)14-5-1-2-10-15-12(20)17-16-10/h3-4,6H,1-2,5H2,(H,14,19)(H2,15,16,17,20). The fourth-order valence-corrected chi connectivity index (χ4v) is 1.98. The number of amides is 1. The van der Waals surface area contributed by atoms with E-state index in [1.807, 2.05) is 0 Å². The summed E-state index contributed by atoms with van der Waals surface area (Å²) in [6.45, 7) is 0.312. The van der Waals surface area contributed by atoms with Gasteiger partial charge in [0.25, 0.3) is 11.6 Å². The van der Waals surface area contributed by atoms with Crippen LogP contribution in [0.3, 0.4) is 0 Å². The van der Waals surface area contributed by atoms with Crippen LogP contribution in [0, 0.1) is 10.1 Å². The smallest absolute Gasteiger partial charge is 0.340 e. The van der Waals surface area contributed by atoms with Gasteiger partial charge in [0, 0.05) is 25.1 Å². The third-order valence-corrected chi connectivity index (χ3v) is 3.16. The van der Waals surface area contributed by atoms with E-state index < -0.39 is 10.8 Å². The second-order valence-corrected chi connectivity index (χ2v) is 4.81. The number of rotatable bonds is 6. The Balaban J connectivity index is 1.90. The number of non-ortho nitro benzene ring substituents is 1. The van der Waals surface area contributed by atoms with E-state index in [-0.39, 0.29) is 22.0 Å². The molecule has 0 aliphatic carbocycles. The number of halogens is 1. The Morgan fingerprint density at radius 3 is 2.86 bits per heavy atom. The van der Waals surface area contributed by atoms with Crippen LogP contribution in [0.2, 0.25) is 5.02 Å². The molecule has 10 heteroatoms. The van der Waals surface area contributed by atoms with E-state index in [9.17, 15) is 19.7 Å². The van der Waals surface area contributed by atoms with Crippen molar-refractivity contribution in [3.05, 3.63) is 55.2 Å². The topological polar surface area (TPSA) is 134 Å². The van der Waals surface area contributed by atoms with Gasteiger partial charge in [0.2, 0.25) is 0 Å². The fourth-order valence-electron chi connectivity index (χ4n) is 1.78. The monoisotopic (exact) mass is 325 g/mol. The maximum absolute atomic E-state index is 12.0. The lowest BCUT2D eigenvalue weighted by Gasteiger charge is -2.06. The van der Waals surface area contributed by atoms with E-state index in [1.165, 1.54) is 12.1 Å². The lowest BCUT2D eigenvalue weighted by molar-refractivity contribution is -0.384. The minimum absolute atomic E-state index is 0.0454. The summed E-state index contributed by atoms with van der Waals surface area (Å²) in [7, 11) is 0. The molecule has 0 bridgehead atoms. The van der Waals surface area contributed by atoms with E-state index in [2.05, 4.69) is 20.5 Å². The molecule has 0 unspecified atom stereocenters. The van der Waals surface area contributed by atoms with Crippen LogP contribution in [-0.4, -0.2) is 32.6 Å². The number of H-pyrrole nitrogens is 2. The Morgan fingerprint density at radius 2 is 2.23 bits per heavy atom. The van der Waals surface area contributed by atoms with Crippen LogP contribution in [0.1, 0.15) is 22.6 Å². The van der Waals surface area contributed by atoms with Gasteiger partial charge in [0.15, 0.2) is 0 Å². The number of aromatic amines is 2. The number of carbonyl (C=O) groups excluding carboxylic acids is 1. The van der Waals surface area contributed by atoms with Gasteiger partial charge >= 0.3 is 5.69 Å². The average Bonchev–Trinajstić information content (AvgIpc) is 2.89. The molecule has 9 nitrogen and oxygen atoms in total. The quantitative estimate of drug-likeness (QED) is 0.414. The van der Waals surface area contributed by atoms with Crippen molar-refractivity contribution >= 4 is 23.2 Å². The number of nitro groups is 1. The molecular weight excluding hydrogens is 314 g/mol. The number of nitrogens with zero attached hydrogens (tertiary/aromatic N) is 2. The lowest BCUT2D eigenvalue weighted by Crippen LogP contribution is -2.25. The van der Waals surface area contributed by atoms with Gasteiger partial charge in [-0.1, -0.05) is 11.6 Å². The Kier molecular flexibility index (Phi) is 4.89. The second kappa shape index (κ2) is 6.85. The molecule has 0 saturated heterocycles. The minimum Gasteiger partial charge on any atom is -0.352 e. The van der Waals surface area contributed by atoms with Gasteiger partial charge < -0.3 is 5.32 Å². The molecule has 2 aromatic rings. The third kappa shape index (κ3) is 3.92. The molecular formula is C12H12ClN5O4. The van der Waals surface area contributed by atoms with Crippen molar-refractivity contribution in [2.24, 2.45) is 0 Å². The van der Waals surface area contributed by atoms with Crippen LogP contribution in [0.5, 0.6) is 0 Å². The first-order chi connectivity index (χ1) is 10.5. The Morgan fingerprint density at radius 1 is 1.45 bits per heavy atom. The summed E-state index contributed by atoms with van der Waals surface area (Å²) in [5, 5.41) is 19.4. The lowest BCUT2D eigenvalue weighted by atomic mass is 10.2. The van der Waals surface area contributed by atoms with E-state index in [0.717, 1.165) is 6.07 Å². The molecule has 1 amide bonds. The summed E-state index contributed by atoms with van der Waals surface area (Å²) in [4.78, 5) is 35.4. The van der Waals surface area contributed by atoms with Crippen LogP contribution >= 0.6 is 11.6 Å². The summed E-state index contributed by atoms with van der Waals surface area (Å²) in [5.41, 5.74) is -0.546. The molecule has 0 radical (unpaired) electrons. The number of benzene rings is 1. The van der Waals surface area contributed by atoms with Crippen molar-refractivity contribution < 1.29 is 9.72 Å². The molecule has 0 spiro atoms. The fraction of sp³-hybridized carbons (Fsp3) is 0.250.